The van der Waals surface area contributed by atoms with Gasteiger partial charge in [0.05, 0.1) is 12.5 Å². The van der Waals surface area contributed by atoms with E-state index in [0.29, 0.717) is 26.2 Å². The van der Waals surface area contributed by atoms with E-state index in [1.54, 1.807) is 7.11 Å². The van der Waals surface area contributed by atoms with E-state index >= 15 is 0 Å². The van der Waals surface area contributed by atoms with Crippen molar-refractivity contribution < 1.29 is 14.3 Å². The number of amides is 2. The van der Waals surface area contributed by atoms with Crippen LogP contribution < -0.4 is 0 Å². The van der Waals surface area contributed by atoms with Crippen molar-refractivity contribution in [2.75, 3.05) is 33.4 Å². The first-order chi connectivity index (χ1) is 12.6. The second kappa shape index (κ2) is 8.42. The van der Waals surface area contributed by atoms with Gasteiger partial charge in [-0.05, 0) is 36.5 Å². The van der Waals surface area contributed by atoms with Gasteiger partial charge in [0.15, 0.2) is 0 Å². The maximum Gasteiger partial charge on any atom is 0.254 e. The Labute approximate surface area is 163 Å². The number of carbonyl (C=O) groups is 2. The molecule has 1 aliphatic heterocycles. The van der Waals surface area contributed by atoms with E-state index in [0.717, 1.165) is 11.1 Å². The van der Waals surface area contributed by atoms with Gasteiger partial charge in [-0.3, -0.25) is 9.59 Å². The van der Waals surface area contributed by atoms with Gasteiger partial charge in [-0.25, -0.2) is 0 Å². The molecular weight excluding hydrogens is 340 g/mol. The molecule has 1 aliphatic rings. The lowest BCUT2D eigenvalue weighted by Gasteiger charge is -2.41. The van der Waals surface area contributed by atoms with Crippen LogP contribution in [0.3, 0.4) is 0 Å². The van der Waals surface area contributed by atoms with E-state index < -0.39 is 0 Å². The molecule has 0 aliphatic carbocycles. The van der Waals surface area contributed by atoms with Crippen molar-refractivity contribution in [1.82, 2.24) is 9.80 Å². The SMILES string of the molecule is COC[C@H](C)C(=O)N1CCN(C(=O)c2ccc(C(C)(C)C)cc2C)CC1C. The lowest BCUT2D eigenvalue weighted by molar-refractivity contribution is -0.140. The van der Waals surface area contributed by atoms with Crippen molar-refractivity contribution in [2.24, 2.45) is 5.92 Å². The Bertz CT molecular complexity index is 693. The van der Waals surface area contributed by atoms with Gasteiger partial charge >= 0.3 is 0 Å². The molecule has 2 rings (SSSR count). The van der Waals surface area contributed by atoms with E-state index in [9.17, 15) is 9.59 Å². The highest BCUT2D eigenvalue weighted by Gasteiger charge is 2.32. The molecule has 150 valence electrons. The summed E-state index contributed by atoms with van der Waals surface area (Å²) in [7, 11) is 1.61. The quantitative estimate of drug-likeness (QED) is 0.813. The Hall–Kier alpha value is -1.88. The normalized spacial score (nSPS) is 19.1. The van der Waals surface area contributed by atoms with E-state index in [2.05, 4.69) is 32.9 Å². The summed E-state index contributed by atoms with van der Waals surface area (Å²) in [5.74, 6) is -0.00843. The zero-order valence-electron chi connectivity index (χ0n) is 17.8. The number of benzene rings is 1. The Morgan fingerprint density at radius 2 is 1.93 bits per heavy atom. The van der Waals surface area contributed by atoms with Crippen LogP contribution in [-0.2, 0) is 14.9 Å². The number of hydrogen-bond acceptors (Lipinski definition) is 3. The van der Waals surface area contributed by atoms with Crippen LogP contribution in [0.25, 0.3) is 0 Å². The molecule has 1 saturated heterocycles. The molecule has 0 N–H and O–H groups in total. The maximum atomic E-state index is 13.0. The number of piperazine rings is 1. The van der Waals surface area contributed by atoms with Gasteiger partial charge < -0.3 is 14.5 Å². The summed E-state index contributed by atoms with van der Waals surface area (Å²) in [6, 6.07) is 6.11. The number of carbonyl (C=O) groups excluding carboxylic acids is 2. The molecule has 0 saturated carbocycles. The van der Waals surface area contributed by atoms with Crippen LogP contribution >= 0.6 is 0 Å². The molecule has 0 bridgehead atoms. The van der Waals surface area contributed by atoms with Gasteiger partial charge in [-0.2, -0.15) is 0 Å². The number of aryl methyl sites for hydroxylation is 1. The molecule has 1 heterocycles. The number of hydrogen-bond donors (Lipinski definition) is 0. The number of methoxy groups -OCH3 is 1. The fraction of sp³-hybridized carbons (Fsp3) is 0.636. The molecule has 5 nitrogen and oxygen atoms in total. The summed E-state index contributed by atoms with van der Waals surface area (Å²) in [5, 5.41) is 0. The zero-order chi connectivity index (χ0) is 20.4. The van der Waals surface area contributed by atoms with Gasteiger partial charge in [0, 0.05) is 38.3 Å². The monoisotopic (exact) mass is 374 g/mol. The lowest BCUT2D eigenvalue weighted by Crippen LogP contribution is -2.56. The van der Waals surface area contributed by atoms with Crippen molar-refractivity contribution in [2.45, 2.75) is 53.0 Å². The fourth-order valence-corrected chi connectivity index (χ4v) is 3.61. The summed E-state index contributed by atoms with van der Waals surface area (Å²) in [5.41, 5.74) is 3.05. The smallest absolute Gasteiger partial charge is 0.254 e. The summed E-state index contributed by atoms with van der Waals surface area (Å²) in [4.78, 5) is 29.4. The summed E-state index contributed by atoms with van der Waals surface area (Å²) in [6.45, 7) is 14.5. The van der Waals surface area contributed by atoms with Gasteiger partial charge in [-0.15, -0.1) is 0 Å². The van der Waals surface area contributed by atoms with Crippen LogP contribution in [0.4, 0.5) is 0 Å². The number of nitrogens with zero attached hydrogens (tertiary/aromatic N) is 2. The largest absolute Gasteiger partial charge is 0.384 e. The van der Waals surface area contributed by atoms with Crippen LogP contribution in [0, 0.1) is 12.8 Å². The van der Waals surface area contributed by atoms with Gasteiger partial charge in [-0.1, -0.05) is 39.8 Å². The molecule has 27 heavy (non-hydrogen) atoms. The molecule has 0 spiro atoms. The molecule has 1 unspecified atom stereocenters. The van der Waals surface area contributed by atoms with E-state index in [4.69, 9.17) is 4.74 Å². The van der Waals surface area contributed by atoms with Gasteiger partial charge in [0.25, 0.3) is 5.91 Å². The van der Waals surface area contributed by atoms with Gasteiger partial charge in [0.1, 0.15) is 0 Å². The molecule has 1 fully saturated rings. The highest BCUT2D eigenvalue weighted by Crippen LogP contribution is 2.25. The number of rotatable bonds is 4. The predicted octanol–water partition coefficient (Wildman–Crippen LogP) is 3.25. The van der Waals surface area contributed by atoms with Crippen molar-refractivity contribution in [1.29, 1.82) is 0 Å². The molecule has 0 aromatic heterocycles. The second-order valence-electron chi connectivity index (χ2n) is 8.77. The maximum absolute atomic E-state index is 13.0. The van der Waals surface area contributed by atoms with Crippen LogP contribution in [0.15, 0.2) is 18.2 Å². The molecule has 1 aromatic carbocycles. The van der Waals surface area contributed by atoms with E-state index in [1.165, 1.54) is 5.56 Å². The Morgan fingerprint density at radius 1 is 1.26 bits per heavy atom. The van der Waals surface area contributed by atoms with Crippen molar-refractivity contribution >= 4 is 11.8 Å². The minimum absolute atomic E-state index is 0.00339. The minimum Gasteiger partial charge on any atom is -0.384 e. The standard InChI is InChI=1S/C22H34N2O3/c1-15-12-18(22(4,5)6)8-9-19(15)21(26)23-10-11-24(17(3)13-23)20(25)16(2)14-27-7/h8-9,12,16-17H,10-11,13-14H2,1-7H3/t16-,17?/m0/s1. The van der Waals surface area contributed by atoms with E-state index in [1.807, 2.05) is 36.6 Å². The van der Waals surface area contributed by atoms with Crippen molar-refractivity contribution in [3.63, 3.8) is 0 Å². The van der Waals surface area contributed by atoms with Crippen molar-refractivity contribution in [3.05, 3.63) is 34.9 Å². The molecule has 1 aromatic rings. The highest BCUT2D eigenvalue weighted by molar-refractivity contribution is 5.96. The van der Waals surface area contributed by atoms with Crippen LogP contribution in [-0.4, -0.2) is 61.0 Å². The van der Waals surface area contributed by atoms with Gasteiger partial charge in [0.2, 0.25) is 5.91 Å². The summed E-state index contributed by atoms with van der Waals surface area (Å²) in [6.07, 6.45) is 0. The first-order valence-electron chi connectivity index (χ1n) is 9.76. The predicted molar refractivity (Wildman–Crippen MR) is 108 cm³/mol. The minimum atomic E-state index is -0.160. The van der Waals surface area contributed by atoms with Crippen LogP contribution in [0.5, 0.6) is 0 Å². The molecule has 2 amide bonds. The topological polar surface area (TPSA) is 49.9 Å². The third kappa shape index (κ3) is 4.89. The molecule has 5 heteroatoms. The Morgan fingerprint density at radius 3 is 2.44 bits per heavy atom. The third-order valence-electron chi connectivity index (χ3n) is 5.36. The fourth-order valence-electron chi connectivity index (χ4n) is 3.61. The Balaban J connectivity index is 2.09. The molecular formula is C22H34N2O3. The van der Waals surface area contributed by atoms with E-state index in [-0.39, 0.29) is 29.2 Å². The summed E-state index contributed by atoms with van der Waals surface area (Å²) >= 11 is 0. The first kappa shape index (κ1) is 21.4. The number of ether oxygens (including phenoxy) is 1. The molecule has 2 atom stereocenters. The zero-order valence-corrected chi connectivity index (χ0v) is 17.8. The molecule has 0 radical (unpaired) electrons. The van der Waals surface area contributed by atoms with Crippen LogP contribution in [0.1, 0.15) is 56.1 Å². The third-order valence-corrected chi connectivity index (χ3v) is 5.36. The lowest BCUT2D eigenvalue weighted by atomic mass is 9.85. The second-order valence-corrected chi connectivity index (χ2v) is 8.77. The van der Waals surface area contributed by atoms with Crippen molar-refractivity contribution in [3.8, 4) is 0 Å². The first-order valence-corrected chi connectivity index (χ1v) is 9.76. The Kier molecular flexibility index (Phi) is 6.68. The average Bonchev–Trinajstić information content (AvgIpc) is 2.59. The highest BCUT2D eigenvalue weighted by atomic mass is 16.5. The van der Waals surface area contributed by atoms with Crippen LogP contribution in [0.2, 0.25) is 0 Å². The average molecular weight is 375 g/mol. The summed E-state index contributed by atoms with van der Waals surface area (Å²) < 4.78 is 5.10.